The Hall–Kier alpha value is -1.56. The summed E-state index contributed by atoms with van der Waals surface area (Å²) >= 11 is 5.84. The Balaban J connectivity index is 0.00000208. The lowest BCUT2D eigenvalue weighted by molar-refractivity contribution is -0.130. The van der Waals surface area contributed by atoms with Crippen molar-refractivity contribution in [2.45, 2.75) is 18.9 Å². The molecule has 2 heterocycles. The van der Waals surface area contributed by atoms with E-state index in [1.807, 2.05) is 23.1 Å². The van der Waals surface area contributed by atoms with Gasteiger partial charge in [0.25, 0.3) is 0 Å². The number of carbonyl (C=O) groups excluding carboxylic acids is 1. The number of hydrogen-bond donors (Lipinski definition) is 1. The number of hydrogen-bond acceptors (Lipinski definition) is 3. The van der Waals surface area contributed by atoms with Crippen molar-refractivity contribution in [3.8, 4) is 0 Å². The summed E-state index contributed by atoms with van der Waals surface area (Å²) in [7, 11) is 0. The van der Waals surface area contributed by atoms with Crippen molar-refractivity contribution in [2.24, 2.45) is 11.7 Å². The molecular formula is C17H22Cl2N4O. The number of carbonyl (C=O) groups is 1. The maximum Gasteiger partial charge on any atom is 0.224 e. The van der Waals surface area contributed by atoms with Gasteiger partial charge in [-0.15, -0.1) is 12.4 Å². The van der Waals surface area contributed by atoms with Crippen LogP contribution >= 0.6 is 24.0 Å². The molecule has 3 rings (SSSR count). The average molecular weight is 369 g/mol. The van der Waals surface area contributed by atoms with Crippen molar-refractivity contribution in [3.63, 3.8) is 0 Å². The highest BCUT2D eigenvalue weighted by Crippen LogP contribution is 2.32. The number of benzene rings is 1. The van der Waals surface area contributed by atoms with Crippen molar-refractivity contribution >= 4 is 29.9 Å². The van der Waals surface area contributed by atoms with Crippen LogP contribution in [0.25, 0.3) is 0 Å². The van der Waals surface area contributed by atoms with Crippen LogP contribution in [0.3, 0.4) is 0 Å². The maximum absolute atomic E-state index is 12.5. The summed E-state index contributed by atoms with van der Waals surface area (Å²) in [6.07, 6.45) is 3.74. The quantitative estimate of drug-likeness (QED) is 0.881. The van der Waals surface area contributed by atoms with Gasteiger partial charge >= 0.3 is 0 Å². The third-order valence-corrected chi connectivity index (χ3v) is 4.68. The van der Waals surface area contributed by atoms with Gasteiger partial charge in [-0.2, -0.15) is 5.10 Å². The minimum absolute atomic E-state index is 0. The molecule has 5 nitrogen and oxygen atoms in total. The van der Waals surface area contributed by atoms with Crippen molar-refractivity contribution in [1.82, 2.24) is 14.7 Å². The number of likely N-dealkylation sites (tertiary alicyclic amines) is 1. The maximum atomic E-state index is 12.5. The first kappa shape index (κ1) is 18.8. The Morgan fingerprint density at radius 2 is 2.04 bits per heavy atom. The molecule has 0 spiro atoms. The predicted octanol–water partition coefficient (Wildman–Crippen LogP) is 2.55. The highest BCUT2D eigenvalue weighted by Gasteiger charge is 2.34. The molecule has 1 fully saturated rings. The Labute approximate surface area is 153 Å². The minimum Gasteiger partial charge on any atom is -0.342 e. The van der Waals surface area contributed by atoms with Crippen molar-refractivity contribution in [1.29, 1.82) is 0 Å². The van der Waals surface area contributed by atoms with Crippen LogP contribution < -0.4 is 5.73 Å². The average Bonchev–Trinajstić information content (AvgIpc) is 3.19. The third-order valence-electron chi connectivity index (χ3n) is 4.48. The number of aromatic nitrogens is 2. The molecule has 1 aliphatic heterocycles. The zero-order chi connectivity index (χ0) is 16.2. The molecule has 2 atom stereocenters. The third kappa shape index (κ3) is 4.29. The van der Waals surface area contributed by atoms with E-state index in [-0.39, 0.29) is 18.3 Å². The Morgan fingerprint density at radius 3 is 2.67 bits per heavy atom. The van der Waals surface area contributed by atoms with Crippen LogP contribution in [0.5, 0.6) is 0 Å². The smallest absolute Gasteiger partial charge is 0.224 e. The van der Waals surface area contributed by atoms with Crippen LogP contribution in [0, 0.1) is 5.92 Å². The molecule has 1 amide bonds. The van der Waals surface area contributed by atoms with E-state index in [1.165, 1.54) is 5.56 Å². The molecule has 2 aromatic rings. The van der Waals surface area contributed by atoms with Gasteiger partial charge in [0.2, 0.25) is 5.91 Å². The van der Waals surface area contributed by atoms with Crippen molar-refractivity contribution < 1.29 is 4.79 Å². The summed E-state index contributed by atoms with van der Waals surface area (Å²) in [5.41, 5.74) is 7.19. The highest BCUT2D eigenvalue weighted by molar-refractivity contribution is 6.30. The summed E-state index contributed by atoms with van der Waals surface area (Å²) in [6.45, 7) is 2.61. The van der Waals surface area contributed by atoms with E-state index >= 15 is 0 Å². The van der Waals surface area contributed by atoms with Crippen LogP contribution in [0.1, 0.15) is 17.9 Å². The number of nitrogens with zero attached hydrogens (tertiary/aromatic N) is 3. The molecular weight excluding hydrogens is 347 g/mol. The zero-order valence-corrected chi connectivity index (χ0v) is 14.9. The summed E-state index contributed by atoms with van der Waals surface area (Å²) in [5.74, 6) is 0.790. The normalized spacial score (nSPS) is 20.0. The second kappa shape index (κ2) is 8.51. The fraction of sp³-hybridized carbons (Fsp3) is 0.412. The van der Waals surface area contributed by atoms with Crippen LogP contribution in [0.2, 0.25) is 5.02 Å². The van der Waals surface area contributed by atoms with E-state index in [0.29, 0.717) is 36.4 Å². The lowest BCUT2D eigenvalue weighted by atomic mass is 9.89. The number of aryl methyl sites for hydroxylation is 1. The number of halogens is 2. The summed E-state index contributed by atoms with van der Waals surface area (Å²) < 4.78 is 1.70. The summed E-state index contributed by atoms with van der Waals surface area (Å²) in [6, 6.07) is 10.3. The van der Waals surface area contributed by atoms with Gasteiger partial charge in [0, 0.05) is 38.2 Å². The minimum atomic E-state index is 0. The Morgan fingerprint density at radius 1 is 1.29 bits per heavy atom. The van der Waals surface area contributed by atoms with Gasteiger partial charge in [0.05, 0.1) is 11.2 Å². The van der Waals surface area contributed by atoms with Crippen LogP contribution in [-0.4, -0.2) is 40.2 Å². The highest BCUT2D eigenvalue weighted by atomic mass is 35.5. The molecule has 0 bridgehead atoms. The Kier molecular flexibility index (Phi) is 6.66. The Bertz CT molecular complexity index is 662. The SMILES string of the molecule is Cl.NC[C@@H]1CN(C(=O)CCn2cc(Cl)cn2)C[C@H]1c1ccccc1. The van der Waals surface area contributed by atoms with Crippen molar-refractivity contribution in [3.05, 3.63) is 53.3 Å². The second-order valence-corrected chi connectivity index (χ2v) is 6.42. The van der Waals surface area contributed by atoms with Gasteiger partial charge in [-0.05, 0) is 18.0 Å². The summed E-state index contributed by atoms with van der Waals surface area (Å²) in [5, 5.41) is 4.69. The number of rotatable bonds is 5. The van der Waals surface area contributed by atoms with Crippen LogP contribution in [-0.2, 0) is 11.3 Å². The number of nitrogens with two attached hydrogens (primary N) is 1. The molecule has 0 unspecified atom stereocenters. The molecule has 24 heavy (non-hydrogen) atoms. The molecule has 0 radical (unpaired) electrons. The molecule has 7 heteroatoms. The van der Waals surface area contributed by atoms with Gasteiger partial charge in [-0.1, -0.05) is 41.9 Å². The van der Waals surface area contributed by atoms with E-state index in [2.05, 4.69) is 17.2 Å². The lowest BCUT2D eigenvalue weighted by Gasteiger charge is -2.17. The molecule has 1 saturated heterocycles. The molecule has 0 saturated carbocycles. The van der Waals surface area contributed by atoms with Gasteiger partial charge < -0.3 is 10.6 Å². The fourth-order valence-corrected chi connectivity index (χ4v) is 3.38. The topological polar surface area (TPSA) is 64.2 Å². The van der Waals surface area contributed by atoms with Gasteiger partial charge in [-0.25, -0.2) is 0 Å². The molecule has 130 valence electrons. The molecule has 1 aromatic carbocycles. The molecule has 2 N–H and O–H groups in total. The first-order valence-electron chi connectivity index (χ1n) is 7.88. The largest absolute Gasteiger partial charge is 0.342 e. The van der Waals surface area contributed by atoms with Crippen LogP contribution in [0.4, 0.5) is 0 Å². The van der Waals surface area contributed by atoms with Gasteiger partial charge in [0.15, 0.2) is 0 Å². The van der Waals surface area contributed by atoms with E-state index in [9.17, 15) is 4.79 Å². The monoisotopic (exact) mass is 368 g/mol. The fourth-order valence-electron chi connectivity index (χ4n) is 3.22. The zero-order valence-electron chi connectivity index (χ0n) is 13.3. The molecule has 0 aliphatic carbocycles. The van der Waals surface area contributed by atoms with Crippen LogP contribution in [0.15, 0.2) is 42.7 Å². The van der Waals surface area contributed by atoms with Gasteiger partial charge in [-0.3, -0.25) is 9.48 Å². The molecule has 1 aliphatic rings. The van der Waals surface area contributed by atoms with E-state index in [0.717, 1.165) is 13.1 Å². The lowest BCUT2D eigenvalue weighted by Crippen LogP contribution is -2.30. The van der Waals surface area contributed by atoms with E-state index in [1.54, 1.807) is 17.1 Å². The second-order valence-electron chi connectivity index (χ2n) is 5.98. The summed E-state index contributed by atoms with van der Waals surface area (Å²) in [4.78, 5) is 14.4. The van der Waals surface area contributed by atoms with E-state index in [4.69, 9.17) is 17.3 Å². The van der Waals surface area contributed by atoms with Crippen molar-refractivity contribution in [2.75, 3.05) is 19.6 Å². The van der Waals surface area contributed by atoms with E-state index < -0.39 is 0 Å². The predicted molar refractivity (Wildman–Crippen MR) is 97.4 cm³/mol. The molecule has 1 aromatic heterocycles. The first-order chi connectivity index (χ1) is 11.2. The van der Waals surface area contributed by atoms with Gasteiger partial charge in [0.1, 0.15) is 0 Å². The first-order valence-corrected chi connectivity index (χ1v) is 8.26. The standard InChI is InChI=1S/C17H21ClN4O.ClH/c18-15-9-20-22(11-15)7-6-17(23)21-10-14(8-19)16(12-21)13-4-2-1-3-5-13;/h1-5,9,11,14,16H,6-8,10,12,19H2;1H/t14-,16+;/m1./s1. The number of amides is 1.